The van der Waals surface area contributed by atoms with Crippen LogP contribution >= 0.6 is 0 Å². The first-order valence-electron chi connectivity index (χ1n) is 6.26. The van der Waals surface area contributed by atoms with Gasteiger partial charge in [0.1, 0.15) is 0 Å². The fourth-order valence-electron chi connectivity index (χ4n) is 2.15. The van der Waals surface area contributed by atoms with Gasteiger partial charge in [-0.2, -0.15) is 0 Å². The van der Waals surface area contributed by atoms with Crippen molar-refractivity contribution in [3.63, 3.8) is 0 Å². The lowest BCUT2D eigenvalue weighted by Crippen LogP contribution is -2.43. The molecule has 1 fully saturated rings. The molecular weight excluding hydrogens is 204 g/mol. The molecule has 2 unspecified atom stereocenters. The van der Waals surface area contributed by atoms with Gasteiger partial charge in [0.15, 0.2) is 0 Å². The van der Waals surface area contributed by atoms with Gasteiger partial charge in [-0.25, -0.2) is 0 Å². The molecule has 0 radical (unpaired) electrons. The van der Waals surface area contributed by atoms with E-state index >= 15 is 0 Å². The summed E-state index contributed by atoms with van der Waals surface area (Å²) >= 11 is 0. The van der Waals surface area contributed by atoms with Crippen molar-refractivity contribution in [2.45, 2.75) is 57.6 Å². The third-order valence-electron chi connectivity index (χ3n) is 3.75. The van der Waals surface area contributed by atoms with E-state index in [-0.39, 0.29) is 17.9 Å². The van der Waals surface area contributed by atoms with Gasteiger partial charge in [-0.15, -0.1) is 0 Å². The van der Waals surface area contributed by atoms with Crippen molar-refractivity contribution in [2.75, 3.05) is 6.54 Å². The van der Waals surface area contributed by atoms with Crippen LogP contribution in [0.4, 0.5) is 0 Å². The smallest absolute Gasteiger partial charge is 0.223 e. The van der Waals surface area contributed by atoms with E-state index in [1.54, 1.807) is 0 Å². The zero-order chi connectivity index (χ0) is 12.2. The van der Waals surface area contributed by atoms with Crippen molar-refractivity contribution in [2.24, 2.45) is 11.7 Å². The van der Waals surface area contributed by atoms with Crippen LogP contribution in [0.3, 0.4) is 0 Å². The van der Waals surface area contributed by atoms with Gasteiger partial charge in [-0.1, -0.05) is 13.8 Å². The zero-order valence-electron chi connectivity index (χ0n) is 10.3. The Hall–Kier alpha value is -0.610. The average Bonchev–Trinajstić information content (AvgIpc) is 2.72. The van der Waals surface area contributed by atoms with Gasteiger partial charge in [-0.3, -0.25) is 4.79 Å². The highest BCUT2D eigenvalue weighted by molar-refractivity contribution is 5.79. The van der Waals surface area contributed by atoms with E-state index in [0.29, 0.717) is 19.4 Å². The molecule has 0 aliphatic heterocycles. The third-order valence-corrected chi connectivity index (χ3v) is 3.75. The molecule has 1 aliphatic carbocycles. The minimum absolute atomic E-state index is 0.0490. The van der Waals surface area contributed by atoms with E-state index in [9.17, 15) is 9.90 Å². The Kier molecular flexibility index (Phi) is 4.74. The van der Waals surface area contributed by atoms with E-state index in [1.807, 2.05) is 13.8 Å². The Morgan fingerprint density at radius 3 is 2.50 bits per heavy atom. The number of rotatable bonds is 5. The highest BCUT2D eigenvalue weighted by Crippen LogP contribution is 2.24. The molecule has 1 amide bonds. The third kappa shape index (κ3) is 3.46. The Morgan fingerprint density at radius 2 is 2.06 bits per heavy atom. The molecular formula is C12H24N2O2. The number of nitrogens with one attached hydrogen (secondary N) is 1. The number of hydrogen-bond donors (Lipinski definition) is 3. The largest absolute Gasteiger partial charge is 0.388 e. The molecule has 94 valence electrons. The van der Waals surface area contributed by atoms with Crippen molar-refractivity contribution in [1.82, 2.24) is 5.32 Å². The van der Waals surface area contributed by atoms with Gasteiger partial charge in [-0.05, 0) is 32.1 Å². The summed E-state index contributed by atoms with van der Waals surface area (Å²) in [7, 11) is 0. The van der Waals surface area contributed by atoms with E-state index in [1.165, 1.54) is 0 Å². The highest BCUT2D eigenvalue weighted by Gasteiger charge is 2.29. The van der Waals surface area contributed by atoms with Crippen LogP contribution in [0.1, 0.15) is 46.0 Å². The predicted octanol–water partition coefficient (Wildman–Crippen LogP) is 0.781. The second-order valence-electron chi connectivity index (χ2n) is 4.92. The van der Waals surface area contributed by atoms with Gasteiger partial charge in [0.05, 0.1) is 5.60 Å². The molecule has 16 heavy (non-hydrogen) atoms. The minimum atomic E-state index is -0.754. The molecule has 0 aromatic heterocycles. The Bertz CT molecular complexity index is 239. The number of aliphatic hydroxyl groups is 1. The lowest BCUT2D eigenvalue weighted by molar-refractivity contribution is -0.126. The number of carbonyl (C=O) groups excluding carboxylic acids is 1. The first kappa shape index (κ1) is 13.5. The summed E-state index contributed by atoms with van der Waals surface area (Å²) in [5.41, 5.74) is 5.01. The first-order valence-corrected chi connectivity index (χ1v) is 6.26. The van der Waals surface area contributed by atoms with Crippen molar-refractivity contribution in [1.29, 1.82) is 0 Å². The fraction of sp³-hybridized carbons (Fsp3) is 0.917. The Morgan fingerprint density at radius 1 is 1.44 bits per heavy atom. The van der Waals surface area contributed by atoms with Crippen LogP contribution in [0.15, 0.2) is 0 Å². The average molecular weight is 228 g/mol. The standard InChI is InChI=1S/C12H24N2O2/c1-3-12(16,4-2)8-14-11(15)9-5-6-10(13)7-9/h9-10,16H,3-8,13H2,1-2H3,(H,14,15). The van der Waals surface area contributed by atoms with E-state index in [4.69, 9.17) is 5.73 Å². The van der Waals surface area contributed by atoms with Crippen molar-refractivity contribution in [3.8, 4) is 0 Å². The Balaban J connectivity index is 2.35. The minimum Gasteiger partial charge on any atom is -0.388 e. The molecule has 0 aromatic carbocycles. The highest BCUT2D eigenvalue weighted by atomic mass is 16.3. The SMILES string of the molecule is CCC(O)(CC)CNC(=O)C1CCC(N)C1. The molecule has 0 spiro atoms. The molecule has 4 N–H and O–H groups in total. The topological polar surface area (TPSA) is 75.3 Å². The monoisotopic (exact) mass is 228 g/mol. The maximum atomic E-state index is 11.8. The molecule has 2 atom stereocenters. The molecule has 0 saturated heterocycles. The summed E-state index contributed by atoms with van der Waals surface area (Å²) in [5, 5.41) is 12.9. The normalized spacial score (nSPS) is 25.8. The van der Waals surface area contributed by atoms with Crippen LogP contribution in [0.2, 0.25) is 0 Å². The molecule has 1 aliphatic rings. The fourth-order valence-corrected chi connectivity index (χ4v) is 2.15. The van der Waals surface area contributed by atoms with E-state index < -0.39 is 5.60 Å². The van der Waals surface area contributed by atoms with Crippen LogP contribution in [-0.2, 0) is 4.79 Å². The van der Waals surface area contributed by atoms with Crippen molar-refractivity contribution < 1.29 is 9.90 Å². The second kappa shape index (κ2) is 5.64. The summed E-state index contributed by atoms with van der Waals surface area (Å²) in [5.74, 6) is 0.0984. The molecule has 1 rings (SSSR count). The molecule has 1 saturated carbocycles. The zero-order valence-corrected chi connectivity index (χ0v) is 10.3. The van der Waals surface area contributed by atoms with Crippen molar-refractivity contribution >= 4 is 5.91 Å². The summed E-state index contributed by atoms with van der Waals surface area (Å²) < 4.78 is 0. The van der Waals surface area contributed by atoms with Gasteiger partial charge in [0.25, 0.3) is 0 Å². The number of nitrogens with two attached hydrogens (primary N) is 1. The van der Waals surface area contributed by atoms with Crippen LogP contribution in [0, 0.1) is 5.92 Å². The lowest BCUT2D eigenvalue weighted by atomic mass is 9.97. The van der Waals surface area contributed by atoms with Gasteiger partial charge >= 0.3 is 0 Å². The predicted molar refractivity (Wildman–Crippen MR) is 63.9 cm³/mol. The van der Waals surface area contributed by atoms with Crippen LogP contribution in [0.25, 0.3) is 0 Å². The number of amides is 1. The quantitative estimate of drug-likeness (QED) is 0.651. The lowest BCUT2D eigenvalue weighted by Gasteiger charge is -2.26. The summed E-state index contributed by atoms with van der Waals surface area (Å²) in [6, 6.07) is 0.173. The summed E-state index contributed by atoms with van der Waals surface area (Å²) in [4.78, 5) is 11.8. The van der Waals surface area contributed by atoms with Crippen LogP contribution < -0.4 is 11.1 Å². The van der Waals surface area contributed by atoms with Crippen LogP contribution in [0.5, 0.6) is 0 Å². The first-order chi connectivity index (χ1) is 7.50. The number of carbonyl (C=O) groups is 1. The van der Waals surface area contributed by atoms with Crippen LogP contribution in [-0.4, -0.2) is 29.2 Å². The van der Waals surface area contributed by atoms with E-state index in [0.717, 1.165) is 19.3 Å². The maximum Gasteiger partial charge on any atom is 0.223 e. The molecule has 4 nitrogen and oxygen atoms in total. The Labute approximate surface area is 97.6 Å². The van der Waals surface area contributed by atoms with Gasteiger partial charge in [0, 0.05) is 18.5 Å². The summed E-state index contributed by atoms with van der Waals surface area (Å²) in [6.45, 7) is 4.22. The van der Waals surface area contributed by atoms with Gasteiger partial charge < -0.3 is 16.2 Å². The molecule has 0 bridgehead atoms. The van der Waals surface area contributed by atoms with E-state index in [2.05, 4.69) is 5.32 Å². The second-order valence-corrected chi connectivity index (χ2v) is 4.92. The number of hydrogen-bond acceptors (Lipinski definition) is 3. The molecule has 0 heterocycles. The summed E-state index contributed by atoms with van der Waals surface area (Å²) in [6.07, 6.45) is 3.91. The van der Waals surface area contributed by atoms with Gasteiger partial charge in [0.2, 0.25) is 5.91 Å². The maximum absolute atomic E-state index is 11.8. The van der Waals surface area contributed by atoms with Crippen molar-refractivity contribution in [3.05, 3.63) is 0 Å². The molecule has 0 aromatic rings. The molecule has 4 heteroatoms.